The van der Waals surface area contributed by atoms with E-state index in [1.54, 1.807) is 0 Å². The average molecular weight is 327 g/mol. The lowest BCUT2D eigenvalue weighted by Crippen LogP contribution is -2.44. The zero-order chi connectivity index (χ0) is 17.1. The third-order valence-electron chi connectivity index (χ3n) is 4.59. The van der Waals surface area contributed by atoms with E-state index in [1.807, 2.05) is 0 Å². The molecule has 0 aromatic carbocycles. The largest absolute Gasteiger partial charge is 0.388 e. The standard InChI is InChI=1S/C18H38N4O/c1-5-10-18(23,11-6-2)15-21-17(19-7-3)20-13-16-9-8-12-22(4)14-16/h16,23H,5-15H2,1-4H3,(H2,19,20,21). The number of hydrogen-bond donors (Lipinski definition) is 3. The molecule has 136 valence electrons. The number of nitrogens with one attached hydrogen (secondary N) is 2. The van der Waals surface area contributed by atoms with E-state index in [1.165, 1.54) is 19.4 Å². The summed E-state index contributed by atoms with van der Waals surface area (Å²) in [6, 6.07) is 0. The molecule has 0 amide bonds. The first-order valence-corrected chi connectivity index (χ1v) is 9.46. The molecule has 1 unspecified atom stereocenters. The van der Waals surface area contributed by atoms with Gasteiger partial charge in [-0.15, -0.1) is 0 Å². The predicted octanol–water partition coefficient (Wildman–Crippen LogP) is 2.21. The van der Waals surface area contributed by atoms with Gasteiger partial charge in [-0.25, -0.2) is 0 Å². The Morgan fingerprint density at radius 3 is 2.48 bits per heavy atom. The summed E-state index contributed by atoms with van der Waals surface area (Å²) in [4.78, 5) is 7.06. The fourth-order valence-electron chi connectivity index (χ4n) is 3.46. The minimum absolute atomic E-state index is 0.481. The SMILES string of the molecule is CCCC(O)(CCC)CN=C(NCC)NCC1CCCN(C)C1. The summed E-state index contributed by atoms with van der Waals surface area (Å²) in [5.41, 5.74) is -0.656. The molecule has 0 radical (unpaired) electrons. The third-order valence-corrected chi connectivity index (χ3v) is 4.59. The van der Waals surface area contributed by atoms with Gasteiger partial charge in [0.25, 0.3) is 0 Å². The number of aliphatic imine (C=N–C) groups is 1. The Kier molecular flexibility index (Phi) is 9.56. The second kappa shape index (κ2) is 10.9. The Bertz CT molecular complexity index is 340. The van der Waals surface area contributed by atoms with Crippen molar-refractivity contribution in [2.75, 3.05) is 39.8 Å². The topological polar surface area (TPSA) is 59.9 Å². The number of guanidine groups is 1. The first-order valence-electron chi connectivity index (χ1n) is 9.46. The average Bonchev–Trinajstić information content (AvgIpc) is 2.51. The molecule has 5 nitrogen and oxygen atoms in total. The van der Waals surface area contributed by atoms with Crippen LogP contribution in [-0.2, 0) is 0 Å². The molecule has 0 aromatic rings. The van der Waals surface area contributed by atoms with E-state index >= 15 is 0 Å². The van der Waals surface area contributed by atoms with Crippen LogP contribution < -0.4 is 10.6 Å². The van der Waals surface area contributed by atoms with E-state index < -0.39 is 5.60 Å². The molecule has 0 bridgehead atoms. The molecule has 1 fully saturated rings. The van der Waals surface area contributed by atoms with Crippen molar-refractivity contribution < 1.29 is 5.11 Å². The zero-order valence-electron chi connectivity index (χ0n) is 15.7. The number of piperidine rings is 1. The van der Waals surface area contributed by atoms with Gasteiger partial charge in [0.05, 0.1) is 12.1 Å². The number of hydrogen-bond acceptors (Lipinski definition) is 3. The van der Waals surface area contributed by atoms with Gasteiger partial charge in [-0.2, -0.15) is 0 Å². The van der Waals surface area contributed by atoms with E-state index in [0.717, 1.165) is 51.3 Å². The summed E-state index contributed by atoms with van der Waals surface area (Å²) in [7, 11) is 2.20. The Labute approximate surface area is 142 Å². The van der Waals surface area contributed by atoms with Crippen LogP contribution in [0.2, 0.25) is 0 Å². The fourth-order valence-corrected chi connectivity index (χ4v) is 3.46. The van der Waals surface area contributed by atoms with Crippen LogP contribution >= 0.6 is 0 Å². The van der Waals surface area contributed by atoms with E-state index in [2.05, 4.69) is 48.3 Å². The quantitative estimate of drug-likeness (QED) is 0.449. The van der Waals surface area contributed by atoms with Crippen LogP contribution in [0.4, 0.5) is 0 Å². The van der Waals surface area contributed by atoms with Crippen LogP contribution in [0.15, 0.2) is 4.99 Å². The van der Waals surface area contributed by atoms with Gasteiger partial charge in [0.2, 0.25) is 0 Å². The summed E-state index contributed by atoms with van der Waals surface area (Å²) in [5.74, 6) is 1.52. The molecular weight excluding hydrogens is 288 g/mol. The van der Waals surface area contributed by atoms with E-state index in [-0.39, 0.29) is 0 Å². The molecule has 0 spiro atoms. The number of nitrogens with zero attached hydrogens (tertiary/aromatic N) is 2. The smallest absolute Gasteiger partial charge is 0.191 e. The van der Waals surface area contributed by atoms with Crippen molar-refractivity contribution in [2.45, 2.75) is 64.9 Å². The Morgan fingerprint density at radius 2 is 1.91 bits per heavy atom. The van der Waals surface area contributed by atoms with Gasteiger partial charge < -0.3 is 20.6 Å². The molecule has 1 heterocycles. The summed E-state index contributed by atoms with van der Waals surface area (Å²) in [6.45, 7) is 11.0. The predicted molar refractivity (Wildman–Crippen MR) is 99.0 cm³/mol. The Morgan fingerprint density at radius 1 is 1.22 bits per heavy atom. The highest BCUT2D eigenvalue weighted by molar-refractivity contribution is 5.79. The second-order valence-electron chi connectivity index (χ2n) is 7.07. The Hall–Kier alpha value is -0.810. The van der Waals surface area contributed by atoms with Gasteiger partial charge in [-0.1, -0.05) is 26.7 Å². The second-order valence-corrected chi connectivity index (χ2v) is 7.07. The molecule has 1 atom stereocenters. The highest BCUT2D eigenvalue weighted by atomic mass is 16.3. The zero-order valence-corrected chi connectivity index (χ0v) is 15.7. The fraction of sp³-hybridized carbons (Fsp3) is 0.944. The van der Waals surface area contributed by atoms with E-state index in [0.29, 0.717) is 12.5 Å². The summed E-state index contributed by atoms with van der Waals surface area (Å²) in [5, 5.41) is 17.5. The van der Waals surface area contributed by atoms with Crippen LogP contribution in [0.3, 0.4) is 0 Å². The maximum Gasteiger partial charge on any atom is 0.191 e. The third kappa shape index (κ3) is 8.02. The van der Waals surface area contributed by atoms with Gasteiger partial charge >= 0.3 is 0 Å². The lowest BCUT2D eigenvalue weighted by molar-refractivity contribution is 0.0306. The lowest BCUT2D eigenvalue weighted by atomic mass is 9.93. The first kappa shape index (κ1) is 20.2. The van der Waals surface area contributed by atoms with Crippen LogP contribution in [0.1, 0.15) is 59.3 Å². The summed E-state index contributed by atoms with van der Waals surface area (Å²) < 4.78 is 0. The van der Waals surface area contributed by atoms with Gasteiger partial charge in [0, 0.05) is 19.6 Å². The monoisotopic (exact) mass is 326 g/mol. The van der Waals surface area contributed by atoms with Crippen LogP contribution in [0.5, 0.6) is 0 Å². The van der Waals surface area contributed by atoms with E-state index in [9.17, 15) is 5.11 Å². The van der Waals surface area contributed by atoms with Crippen molar-refractivity contribution in [1.29, 1.82) is 0 Å². The van der Waals surface area contributed by atoms with E-state index in [4.69, 9.17) is 0 Å². The normalized spacial score (nSPS) is 20.6. The molecular formula is C18H38N4O. The number of rotatable bonds is 9. The van der Waals surface area contributed by atoms with Crippen LogP contribution in [-0.4, -0.2) is 61.3 Å². The van der Waals surface area contributed by atoms with Crippen LogP contribution in [0, 0.1) is 5.92 Å². The molecule has 1 saturated heterocycles. The molecule has 1 rings (SSSR count). The van der Waals surface area contributed by atoms with Crippen LogP contribution in [0.25, 0.3) is 0 Å². The van der Waals surface area contributed by atoms with Crippen molar-refractivity contribution in [3.63, 3.8) is 0 Å². The minimum atomic E-state index is -0.656. The molecule has 0 aromatic heterocycles. The number of aliphatic hydroxyl groups is 1. The maximum atomic E-state index is 10.7. The van der Waals surface area contributed by atoms with Gasteiger partial charge in [0.1, 0.15) is 0 Å². The van der Waals surface area contributed by atoms with Gasteiger partial charge in [-0.05, 0) is 52.1 Å². The molecule has 1 aliphatic rings. The number of likely N-dealkylation sites (tertiary alicyclic amines) is 1. The van der Waals surface area contributed by atoms with Crippen molar-refractivity contribution in [2.24, 2.45) is 10.9 Å². The molecule has 0 aliphatic carbocycles. The maximum absolute atomic E-state index is 10.7. The molecule has 0 saturated carbocycles. The molecule has 3 N–H and O–H groups in total. The summed E-state index contributed by atoms with van der Waals surface area (Å²) in [6.07, 6.45) is 6.18. The molecule has 5 heteroatoms. The first-order chi connectivity index (χ1) is 11.0. The van der Waals surface area contributed by atoms with Gasteiger partial charge in [0.15, 0.2) is 5.96 Å². The highest BCUT2D eigenvalue weighted by Gasteiger charge is 2.24. The summed E-state index contributed by atoms with van der Waals surface area (Å²) >= 11 is 0. The van der Waals surface area contributed by atoms with Crippen molar-refractivity contribution in [3.05, 3.63) is 0 Å². The Balaban J connectivity index is 2.54. The van der Waals surface area contributed by atoms with Crippen molar-refractivity contribution in [3.8, 4) is 0 Å². The highest BCUT2D eigenvalue weighted by Crippen LogP contribution is 2.20. The van der Waals surface area contributed by atoms with Crippen molar-refractivity contribution >= 4 is 5.96 Å². The minimum Gasteiger partial charge on any atom is -0.388 e. The molecule has 23 heavy (non-hydrogen) atoms. The lowest BCUT2D eigenvalue weighted by Gasteiger charge is -2.30. The van der Waals surface area contributed by atoms with Crippen molar-refractivity contribution in [1.82, 2.24) is 15.5 Å². The molecule has 1 aliphatic heterocycles. The van der Waals surface area contributed by atoms with Gasteiger partial charge in [-0.3, -0.25) is 4.99 Å².